The molecule has 27 heavy (non-hydrogen) atoms. The first-order valence-corrected chi connectivity index (χ1v) is 8.03. The molecular formula is C17H17N7O3. The van der Waals surface area contributed by atoms with Gasteiger partial charge in [0.15, 0.2) is 5.69 Å². The number of hydrogen-bond acceptors (Lipinski definition) is 6. The number of benzene rings is 1. The van der Waals surface area contributed by atoms with Gasteiger partial charge in [-0.05, 0) is 18.6 Å². The van der Waals surface area contributed by atoms with E-state index in [4.69, 9.17) is 0 Å². The van der Waals surface area contributed by atoms with Gasteiger partial charge in [-0.3, -0.25) is 24.3 Å². The van der Waals surface area contributed by atoms with Crippen LogP contribution in [0.5, 0.6) is 0 Å². The average Bonchev–Trinajstić information content (AvgIpc) is 3.21. The molecular weight excluding hydrogens is 350 g/mol. The van der Waals surface area contributed by atoms with Crippen LogP contribution in [0.3, 0.4) is 0 Å². The number of carbonyl (C=O) groups is 1. The Kier molecular flexibility index (Phi) is 5.06. The van der Waals surface area contributed by atoms with Crippen molar-refractivity contribution in [3.8, 4) is 0 Å². The van der Waals surface area contributed by atoms with Crippen LogP contribution in [0.1, 0.15) is 27.3 Å². The van der Waals surface area contributed by atoms with Gasteiger partial charge in [-0.2, -0.15) is 15.3 Å². The fourth-order valence-corrected chi connectivity index (χ4v) is 2.44. The van der Waals surface area contributed by atoms with Gasteiger partial charge in [0.1, 0.15) is 0 Å². The predicted octanol–water partition coefficient (Wildman–Crippen LogP) is 1.65. The van der Waals surface area contributed by atoms with E-state index < -0.39 is 10.8 Å². The van der Waals surface area contributed by atoms with Gasteiger partial charge in [-0.15, -0.1) is 0 Å². The zero-order valence-corrected chi connectivity index (χ0v) is 14.7. The largest absolute Gasteiger partial charge is 0.291 e. The third-order valence-corrected chi connectivity index (χ3v) is 3.79. The van der Waals surface area contributed by atoms with Gasteiger partial charge in [-0.25, -0.2) is 5.43 Å². The zero-order valence-electron chi connectivity index (χ0n) is 14.7. The standard InChI is InChI=1S/C17H17N7O3/c1-12-14(11-22(2)20-12)9-18-19-17(25)16-7-8-23(21-16)10-13-3-5-15(6-4-13)24(26)27/h3-9,11H,10H2,1-2H3,(H,19,25)/b18-9-. The van der Waals surface area contributed by atoms with E-state index >= 15 is 0 Å². The van der Waals surface area contributed by atoms with Gasteiger partial charge in [-0.1, -0.05) is 12.1 Å². The number of carbonyl (C=O) groups excluding carboxylic acids is 1. The number of non-ortho nitro benzene ring substituents is 1. The number of aromatic nitrogens is 4. The highest BCUT2D eigenvalue weighted by molar-refractivity contribution is 5.93. The Morgan fingerprint density at radius 3 is 2.67 bits per heavy atom. The molecule has 0 spiro atoms. The number of amides is 1. The predicted molar refractivity (Wildman–Crippen MR) is 97.4 cm³/mol. The Bertz CT molecular complexity index is 1000. The molecule has 1 amide bonds. The molecule has 0 saturated heterocycles. The van der Waals surface area contributed by atoms with Gasteiger partial charge >= 0.3 is 0 Å². The minimum atomic E-state index is -0.451. The number of nitro groups is 1. The number of rotatable bonds is 6. The Morgan fingerprint density at radius 2 is 2.04 bits per heavy atom. The van der Waals surface area contributed by atoms with E-state index in [0.717, 1.165) is 16.8 Å². The molecule has 0 aliphatic rings. The number of aryl methyl sites for hydroxylation is 2. The maximum atomic E-state index is 12.1. The topological polar surface area (TPSA) is 120 Å². The average molecular weight is 367 g/mol. The molecule has 0 aliphatic heterocycles. The number of nitrogens with zero attached hydrogens (tertiary/aromatic N) is 6. The van der Waals surface area contributed by atoms with Crippen LogP contribution in [0.4, 0.5) is 5.69 Å². The lowest BCUT2D eigenvalue weighted by Crippen LogP contribution is -2.18. The monoisotopic (exact) mass is 367 g/mol. The van der Waals surface area contributed by atoms with E-state index in [2.05, 4.69) is 20.7 Å². The Hall–Kier alpha value is -3.82. The fourth-order valence-electron chi connectivity index (χ4n) is 2.44. The molecule has 0 radical (unpaired) electrons. The zero-order chi connectivity index (χ0) is 19.4. The lowest BCUT2D eigenvalue weighted by atomic mass is 10.2. The second-order valence-corrected chi connectivity index (χ2v) is 5.86. The molecule has 138 valence electrons. The molecule has 2 aromatic heterocycles. The minimum Gasteiger partial charge on any atom is -0.275 e. The summed E-state index contributed by atoms with van der Waals surface area (Å²) < 4.78 is 3.24. The highest BCUT2D eigenvalue weighted by Gasteiger charge is 2.10. The maximum Gasteiger partial charge on any atom is 0.291 e. The maximum absolute atomic E-state index is 12.1. The third-order valence-electron chi connectivity index (χ3n) is 3.79. The first kappa shape index (κ1) is 18.0. The summed E-state index contributed by atoms with van der Waals surface area (Å²) in [6.45, 7) is 2.24. The van der Waals surface area contributed by atoms with E-state index in [-0.39, 0.29) is 11.4 Å². The van der Waals surface area contributed by atoms with Crippen molar-refractivity contribution in [2.75, 3.05) is 0 Å². The summed E-state index contributed by atoms with van der Waals surface area (Å²) >= 11 is 0. The van der Waals surface area contributed by atoms with Crippen LogP contribution in [0.2, 0.25) is 0 Å². The summed E-state index contributed by atoms with van der Waals surface area (Å²) in [4.78, 5) is 22.3. The van der Waals surface area contributed by atoms with Crippen molar-refractivity contribution in [2.24, 2.45) is 12.1 Å². The van der Waals surface area contributed by atoms with E-state index in [9.17, 15) is 14.9 Å². The Labute approximate surface area is 154 Å². The normalized spacial score (nSPS) is 11.0. The smallest absolute Gasteiger partial charge is 0.275 e. The molecule has 10 nitrogen and oxygen atoms in total. The highest BCUT2D eigenvalue weighted by atomic mass is 16.6. The number of nitrogens with one attached hydrogen (secondary N) is 1. The van der Waals surface area contributed by atoms with Gasteiger partial charge in [0.2, 0.25) is 0 Å². The van der Waals surface area contributed by atoms with Crippen molar-refractivity contribution < 1.29 is 9.72 Å². The first-order valence-electron chi connectivity index (χ1n) is 8.03. The molecule has 1 N–H and O–H groups in total. The molecule has 3 aromatic rings. The molecule has 0 fully saturated rings. The van der Waals surface area contributed by atoms with Crippen molar-refractivity contribution in [1.29, 1.82) is 0 Å². The van der Waals surface area contributed by atoms with Gasteiger partial charge in [0.25, 0.3) is 11.6 Å². The van der Waals surface area contributed by atoms with Crippen molar-refractivity contribution in [2.45, 2.75) is 13.5 Å². The summed E-state index contributed by atoms with van der Waals surface area (Å²) in [5, 5.41) is 23.0. The SMILES string of the molecule is Cc1nn(C)cc1/C=N\NC(=O)c1ccn(Cc2ccc([N+](=O)[O-])cc2)n1. The molecule has 0 unspecified atom stereocenters. The second kappa shape index (κ2) is 7.60. The summed E-state index contributed by atoms with van der Waals surface area (Å²) in [6, 6.07) is 7.74. The number of hydrazone groups is 1. The molecule has 2 heterocycles. The molecule has 0 bridgehead atoms. The molecule has 0 saturated carbocycles. The van der Waals surface area contributed by atoms with Crippen LogP contribution < -0.4 is 5.43 Å². The van der Waals surface area contributed by atoms with Crippen LogP contribution in [0.25, 0.3) is 0 Å². The van der Waals surface area contributed by atoms with Crippen molar-refractivity contribution in [3.63, 3.8) is 0 Å². The molecule has 0 atom stereocenters. The van der Waals surface area contributed by atoms with E-state index in [0.29, 0.717) is 6.54 Å². The van der Waals surface area contributed by atoms with Gasteiger partial charge < -0.3 is 0 Å². The molecule has 3 rings (SSSR count). The van der Waals surface area contributed by atoms with Crippen molar-refractivity contribution in [1.82, 2.24) is 25.0 Å². The van der Waals surface area contributed by atoms with E-state index in [1.807, 2.05) is 6.92 Å². The van der Waals surface area contributed by atoms with Crippen LogP contribution in [0.15, 0.2) is 47.8 Å². The van der Waals surface area contributed by atoms with E-state index in [1.165, 1.54) is 18.3 Å². The quantitative estimate of drug-likeness (QED) is 0.403. The van der Waals surface area contributed by atoms with Crippen LogP contribution in [-0.2, 0) is 13.6 Å². The van der Waals surface area contributed by atoms with E-state index in [1.54, 1.807) is 47.0 Å². The lowest BCUT2D eigenvalue weighted by molar-refractivity contribution is -0.384. The Morgan fingerprint density at radius 1 is 1.30 bits per heavy atom. The number of nitro benzene ring substituents is 1. The van der Waals surface area contributed by atoms with Crippen LogP contribution >= 0.6 is 0 Å². The molecule has 10 heteroatoms. The minimum absolute atomic E-state index is 0.0287. The van der Waals surface area contributed by atoms with Gasteiger partial charge in [0.05, 0.1) is 23.4 Å². The summed E-state index contributed by atoms with van der Waals surface area (Å²) in [5.74, 6) is -0.435. The highest BCUT2D eigenvalue weighted by Crippen LogP contribution is 2.12. The summed E-state index contributed by atoms with van der Waals surface area (Å²) in [7, 11) is 1.81. The lowest BCUT2D eigenvalue weighted by Gasteiger charge is -2.01. The van der Waals surface area contributed by atoms with Crippen molar-refractivity contribution >= 4 is 17.8 Å². The third kappa shape index (κ3) is 4.42. The van der Waals surface area contributed by atoms with Crippen LogP contribution in [0, 0.1) is 17.0 Å². The second-order valence-electron chi connectivity index (χ2n) is 5.86. The van der Waals surface area contributed by atoms with Crippen LogP contribution in [-0.4, -0.2) is 36.6 Å². The molecule has 0 aliphatic carbocycles. The summed E-state index contributed by atoms with van der Waals surface area (Å²) in [6.07, 6.45) is 4.98. The van der Waals surface area contributed by atoms with Crippen molar-refractivity contribution in [3.05, 3.63) is 75.4 Å². The number of hydrogen-bond donors (Lipinski definition) is 1. The molecule has 1 aromatic carbocycles. The first-order chi connectivity index (χ1) is 12.9. The summed E-state index contributed by atoms with van der Waals surface area (Å²) in [5.41, 5.74) is 5.12. The van der Waals surface area contributed by atoms with Gasteiger partial charge in [0, 0.05) is 37.1 Å². The fraction of sp³-hybridized carbons (Fsp3) is 0.176. The Balaban J connectivity index is 1.60.